The van der Waals surface area contributed by atoms with Crippen molar-refractivity contribution in [1.82, 2.24) is 15.3 Å². The maximum atomic E-state index is 14.3. The molecule has 0 fully saturated rings. The van der Waals surface area contributed by atoms with Crippen LogP contribution in [0, 0.1) is 11.7 Å². The fraction of sp³-hybridized carbons (Fsp3) is 0.292. The number of benzene rings is 2. The quantitative estimate of drug-likeness (QED) is 0.320. The molecule has 1 unspecified atom stereocenters. The SMILES string of the molecule is COc1ccc(Cc2nc(C(=O)NC(c3ccc(SC(F)(F)F)c(F)c3)C(C)C)cc(=O)[nH]2)cc1. The van der Waals surface area contributed by atoms with E-state index in [0.717, 1.165) is 23.8 Å². The number of nitrogens with one attached hydrogen (secondary N) is 2. The lowest BCUT2D eigenvalue weighted by molar-refractivity contribution is -0.0329. The molecule has 1 aromatic heterocycles. The second-order valence-corrected chi connectivity index (χ2v) is 9.14. The van der Waals surface area contributed by atoms with Gasteiger partial charge in [-0.3, -0.25) is 9.59 Å². The third kappa shape index (κ3) is 7.32. The molecule has 0 aliphatic carbocycles. The molecule has 0 saturated carbocycles. The Hall–Kier alpha value is -3.34. The van der Waals surface area contributed by atoms with Crippen LogP contribution in [0.5, 0.6) is 5.75 Å². The van der Waals surface area contributed by atoms with Gasteiger partial charge < -0.3 is 15.0 Å². The lowest BCUT2D eigenvalue weighted by Crippen LogP contribution is -2.33. The van der Waals surface area contributed by atoms with Gasteiger partial charge in [0, 0.05) is 12.5 Å². The highest BCUT2D eigenvalue weighted by molar-refractivity contribution is 8.00. The van der Waals surface area contributed by atoms with E-state index in [1.807, 2.05) is 0 Å². The number of hydrogen-bond acceptors (Lipinski definition) is 5. The Bertz CT molecular complexity index is 1240. The van der Waals surface area contributed by atoms with Gasteiger partial charge in [0.2, 0.25) is 0 Å². The summed E-state index contributed by atoms with van der Waals surface area (Å²) in [5.74, 6) is -1.00. The number of thioether (sulfide) groups is 1. The summed E-state index contributed by atoms with van der Waals surface area (Å²) < 4.78 is 57.3. The van der Waals surface area contributed by atoms with Crippen LogP contribution in [0.4, 0.5) is 17.6 Å². The van der Waals surface area contributed by atoms with Crippen LogP contribution >= 0.6 is 11.8 Å². The Morgan fingerprint density at radius 1 is 1.14 bits per heavy atom. The summed E-state index contributed by atoms with van der Waals surface area (Å²) in [5.41, 5.74) is -4.15. The molecule has 0 radical (unpaired) electrons. The number of hydrogen-bond donors (Lipinski definition) is 2. The van der Waals surface area contributed by atoms with Gasteiger partial charge in [-0.05, 0) is 53.1 Å². The maximum Gasteiger partial charge on any atom is 0.446 e. The van der Waals surface area contributed by atoms with Crippen molar-refractivity contribution in [2.75, 3.05) is 7.11 Å². The Kier molecular flexibility index (Phi) is 8.21. The number of aromatic nitrogens is 2. The summed E-state index contributed by atoms with van der Waals surface area (Å²) in [6.45, 7) is 3.53. The van der Waals surface area contributed by atoms with Crippen LogP contribution in [-0.4, -0.2) is 28.5 Å². The maximum absolute atomic E-state index is 14.3. The minimum atomic E-state index is -4.62. The monoisotopic (exact) mass is 509 g/mol. The van der Waals surface area contributed by atoms with Crippen LogP contribution in [-0.2, 0) is 6.42 Å². The zero-order valence-corrected chi connectivity index (χ0v) is 19.9. The molecule has 0 bridgehead atoms. The van der Waals surface area contributed by atoms with Crippen molar-refractivity contribution in [2.45, 2.75) is 36.7 Å². The molecule has 3 rings (SSSR count). The number of rotatable bonds is 8. The lowest BCUT2D eigenvalue weighted by Gasteiger charge is -2.23. The van der Waals surface area contributed by atoms with Gasteiger partial charge in [-0.25, -0.2) is 9.37 Å². The number of halogens is 4. The predicted molar refractivity (Wildman–Crippen MR) is 124 cm³/mol. The van der Waals surface area contributed by atoms with Crippen molar-refractivity contribution in [3.05, 3.63) is 87.3 Å². The standard InChI is InChI=1S/C24H23F4N3O3S/c1-13(2)22(15-6-9-19(17(25)11-15)35-24(26,27)28)31-23(33)18-12-21(32)30-20(29-18)10-14-4-7-16(34-3)8-5-14/h4-9,11-13,22H,10H2,1-3H3,(H,31,33)(H,29,30,32). The third-order valence-electron chi connectivity index (χ3n) is 5.05. The van der Waals surface area contributed by atoms with E-state index in [2.05, 4.69) is 15.3 Å². The zero-order valence-electron chi connectivity index (χ0n) is 19.1. The number of alkyl halides is 3. The first kappa shape index (κ1) is 26.3. The molecule has 0 aliphatic rings. The van der Waals surface area contributed by atoms with Crippen molar-refractivity contribution in [3.63, 3.8) is 0 Å². The summed E-state index contributed by atoms with van der Waals surface area (Å²) in [6.07, 6.45) is 0.261. The molecule has 0 aliphatic heterocycles. The summed E-state index contributed by atoms with van der Waals surface area (Å²) in [6, 6.07) is 10.8. The molecule has 0 saturated heterocycles. The highest BCUT2D eigenvalue weighted by Crippen LogP contribution is 2.39. The van der Waals surface area contributed by atoms with Crippen LogP contribution in [0.25, 0.3) is 0 Å². The molecule has 11 heteroatoms. The molecule has 3 aromatic rings. The zero-order chi connectivity index (χ0) is 25.8. The Morgan fingerprint density at radius 2 is 1.83 bits per heavy atom. The number of amides is 1. The van der Waals surface area contributed by atoms with E-state index in [4.69, 9.17) is 4.74 Å². The number of H-pyrrole nitrogens is 1. The van der Waals surface area contributed by atoms with E-state index < -0.39 is 45.5 Å². The summed E-state index contributed by atoms with van der Waals surface area (Å²) >= 11 is -0.545. The minimum absolute atomic E-state index is 0.132. The molecule has 2 aromatic carbocycles. The van der Waals surface area contributed by atoms with Gasteiger partial charge in [-0.1, -0.05) is 32.0 Å². The predicted octanol–water partition coefficient (Wildman–Crippen LogP) is 5.25. The fourth-order valence-corrected chi connectivity index (χ4v) is 3.95. The number of methoxy groups -OCH3 is 1. The topological polar surface area (TPSA) is 84.1 Å². The van der Waals surface area contributed by atoms with Crippen molar-refractivity contribution >= 4 is 17.7 Å². The van der Waals surface area contributed by atoms with Crippen LogP contribution in [0.3, 0.4) is 0 Å². The minimum Gasteiger partial charge on any atom is -0.497 e. The lowest BCUT2D eigenvalue weighted by atomic mass is 9.95. The Balaban J connectivity index is 1.81. The normalized spacial score (nSPS) is 12.5. The van der Waals surface area contributed by atoms with E-state index in [1.165, 1.54) is 6.07 Å². The third-order valence-corrected chi connectivity index (χ3v) is 5.83. The average Bonchev–Trinajstić information content (AvgIpc) is 2.78. The van der Waals surface area contributed by atoms with E-state index >= 15 is 0 Å². The largest absolute Gasteiger partial charge is 0.497 e. The summed E-state index contributed by atoms with van der Waals surface area (Å²) in [4.78, 5) is 31.4. The van der Waals surface area contributed by atoms with Crippen molar-refractivity contribution < 1.29 is 27.1 Å². The van der Waals surface area contributed by atoms with E-state index in [-0.39, 0.29) is 23.9 Å². The van der Waals surface area contributed by atoms with Gasteiger partial charge in [-0.15, -0.1) is 0 Å². The van der Waals surface area contributed by atoms with E-state index in [9.17, 15) is 27.2 Å². The van der Waals surface area contributed by atoms with Crippen LogP contribution in [0.1, 0.15) is 47.3 Å². The van der Waals surface area contributed by atoms with Gasteiger partial charge in [0.1, 0.15) is 23.1 Å². The number of carbonyl (C=O) groups is 1. The molecule has 1 atom stereocenters. The molecule has 6 nitrogen and oxygen atoms in total. The molecule has 2 N–H and O–H groups in total. The second kappa shape index (κ2) is 10.9. The molecular weight excluding hydrogens is 486 g/mol. The molecule has 186 valence electrons. The van der Waals surface area contributed by atoms with Crippen molar-refractivity contribution in [3.8, 4) is 5.75 Å². The van der Waals surface area contributed by atoms with Gasteiger partial charge in [0.25, 0.3) is 11.5 Å². The number of carbonyl (C=O) groups excluding carboxylic acids is 1. The number of nitrogens with zero attached hydrogens (tertiary/aromatic N) is 1. The number of aromatic amines is 1. The van der Waals surface area contributed by atoms with Crippen LogP contribution in [0.2, 0.25) is 0 Å². The van der Waals surface area contributed by atoms with Gasteiger partial charge in [-0.2, -0.15) is 13.2 Å². The molecule has 1 amide bonds. The molecular formula is C24H23F4N3O3S. The second-order valence-electron chi connectivity index (χ2n) is 8.03. The van der Waals surface area contributed by atoms with Gasteiger partial charge in [0.15, 0.2) is 0 Å². The first-order chi connectivity index (χ1) is 16.4. The summed E-state index contributed by atoms with van der Waals surface area (Å²) in [5, 5.41) is 2.71. The van der Waals surface area contributed by atoms with Crippen molar-refractivity contribution in [1.29, 1.82) is 0 Å². The van der Waals surface area contributed by atoms with Crippen LogP contribution < -0.4 is 15.6 Å². The Labute approximate surface area is 203 Å². The molecule has 0 spiro atoms. The highest BCUT2D eigenvalue weighted by Gasteiger charge is 2.31. The van der Waals surface area contributed by atoms with Crippen molar-refractivity contribution in [2.24, 2.45) is 5.92 Å². The molecule has 1 heterocycles. The first-order valence-electron chi connectivity index (χ1n) is 10.5. The summed E-state index contributed by atoms with van der Waals surface area (Å²) in [7, 11) is 1.55. The van der Waals surface area contributed by atoms with Crippen LogP contribution in [0.15, 0.2) is 58.2 Å². The van der Waals surface area contributed by atoms with Gasteiger partial charge >= 0.3 is 5.51 Å². The highest BCUT2D eigenvalue weighted by atomic mass is 32.2. The number of ether oxygens (including phenoxy) is 1. The van der Waals surface area contributed by atoms with Gasteiger partial charge in [0.05, 0.1) is 18.0 Å². The molecule has 35 heavy (non-hydrogen) atoms. The van der Waals surface area contributed by atoms with E-state index in [1.54, 1.807) is 45.2 Å². The smallest absolute Gasteiger partial charge is 0.446 e. The average molecular weight is 510 g/mol. The first-order valence-corrected chi connectivity index (χ1v) is 11.4. The van der Waals surface area contributed by atoms with E-state index in [0.29, 0.717) is 11.3 Å². The fourth-order valence-electron chi connectivity index (χ4n) is 3.41. The Morgan fingerprint density at radius 3 is 2.40 bits per heavy atom.